The first-order valence-electron chi connectivity index (χ1n) is 7.91. The van der Waals surface area contributed by atoms with Crippen molar-refractivity contribution in [2.45, 2.75) is 32.2 Å². The summed E-state index contributed by atoms with van der Waals surface area (Å²) in [7, 11) is 0. The zero-order valence-corrected chi connectivity index (χ0v) is 13.9. The quantitative estimate of drug-likeness (QED) is 0.714. The third-order valence-electron chi connectivity index (χ3n) is 3.63. The number of halogens is 1. The molecule has 0 spiro atoms. The van der Waals surface area contributed by atoms with E-state index in [0.717, 1.165) is 5.56 Å². The summed E-state index contributed by atoms with van der Waals surface area (Å²) in [6.07, 6.45) is -2.92. The van der Waals surface area contributed by atoms with E-state index >= 15 is 0 Å². The Bertz CT molecular complexity index is 697. The molecule has 1 aromatic carbocycles. The Morgan fingerprint density at radius 2 is 1.96 bits per heavy atom. The fourth-order valence-corrected chi connectivity index (χ4v) is 2.18. The van der Waals surface area contributed by atoms with E-state index in [9.17, 15) is 19.4 Å². The van der Waals surface area contributed by atoms with Crippen LogP contribution in [-0.2, 0) is 11.3 Å². The number of aryl methyl sites for hydroxylation is 1. The lowest BCUT2D eigenvalue weighted by molar-refractivity contribution is 0.0110. The molecule has 0 aliphatic heterocycles. The number of amides is 1. The monoisotopic (exact) mass is 348 g/mol. The summed E-state index contributed by atoms with van der Waals surface area (Å²) in [4.78, 5) is 15.5. The fraction of sp³-hybridized carbons (Fsp3) is 0.333. The van der Waals surface area contributed by atoms with Gasteiger partial charge in [-0.05, 0) is 31.0 Å². The maximum Gasteiger partial charge on any atom is 0.407 e. The van der Waals surface area contributed by atoms with Crippen LogP contribution in [0.1, 0.15) is 29.5 Å². The van der Waals surface area contributed by atoms with Gasteiger partial charge in [0, 0.05) is 6.54 Å². The molecule has 2 atom stereocenters. The Hall–Kier alpha value is -2.51. The lowest BCUT2D eigenvalue weighted by Crippen LogP contribution is -2.30. The Labute approximate surface area is 145 Å². The maximum atomic E-state index is 13.2. The molecule has 0 aliphatic carbocycles. The van der Waals surface area contributed by atoms with Crippen molar-refractivity contribution < 1.29 is 24.1 Å². The first-order chi connectivity index (χ1) is 12.0. The zero-order chi connectivity index (χ0) is 18.2. The molecule has 6 nitrogen and oxygen atoms in total. The van der Waals surface area contributed by atoms with Crippen LogP contribution >= 0.6 is 0 Å². The van der Waals surface area contributed by atoms with Crippen molar-refractivity contribution in [2.75, 3.05) is 6.54 Å². The number of aliphatic hydroxyl groups excluding tert-OH is 2. The molecule has 25 heavy (non-hydrogen) atoms. The van der Waals surface area contributed by atoms with Crippen molar-refractivity contribution in [1.29, 1.82) is 0 Å². The van der Waals surface area contributed by atoms with Gasteiger partial charge in [0.05, 0.1) is 17.5 Å². The van der Waals surface area contributed by atoms with Crippen LogP contribution < -0.4 is 5.32 Å². The Morgan fingerprint density at radius 3 is 2.64 bits per heavy atom. The number of nitrogens with one attached hydrogen (secondary N) is 1. The van der Waals surface area contributed by atoms with Crippen LogP contribution in [0.5, 0.6) is 0 Å². The van der Waals surface area contributed by atoms with Crippen molar-refractivity contribution in [3.8, 4) is 0 Å². The first kappa shape index (κ1) is 18.8. The Balaban J connectivity index is 1.72. The molecule has 2 unspecified atom stereocenters. The molecule has 1 amide bonds. The molecule has 2 rings (SSSR count). The second kappa shape index (κ2) is 9.10. The van der Waals surface area contributed by atoms with Crippen molar-refractivity contribution in [2.24, 2.45) is 0 Å². The minimum Gasteiger partial charge on any atom is -0.445 e. The second-order valence-corrected chi connectivity index (χ2v) is 5.59. The van der Waals surface area contributed by atoms with Gasteiger partial charge < -0.3 is 20.3 Å². The third-order valence-corrected chi connectivity index (χ3v) is 3.63. The Kier molecular flexibility index (Phi) is 6.85. The maximum absolute atomic E-state index is 13.2. The molecule has 1 aromatic heterocycles. The van der Waals surface area contributed by atoms with Crippen LogP contribution in [0, 0.1) is 12.7 Å². The average molecular weight is 348 g/mol. The smallest absolute Gasteiger partial charge is 0.407 e. The van der Waals surface area contributed by atoms with Crippen LogP contribution in [0.2, 0.25) is 0 Å². The molecule has 3 N–H and O–H groups in total. The number of carbonyl (C=O) groups is 1. The number of alkyl carbamates (subject to hydrolysis) is 1. The highest BCUT2D eigenvalue weighted by Crippen LogP contribution is 2.18. The van der Waals surface area contributed by atoms with Crippen LogP contribution in [0.15, 0.2) is 42.5 Å². The van der Waals surface area contributed by atoms with Gasteiger partial charge in [0.15, 0.2) is 0 Å². The van der Waals surface area contributed by atoms with Crippen LogP contribution in [0.3, 0.4) is 0 Å². The summed E-state index contributed by atoms with van der Waals surface area (Å²) in [5, 5.41) is 22.5. The van der Waals surface area contributed by atoms with E-state index in [0.29, 0.717) is 0 Å². The number of hydrogen-bond acceptors (Lipinski definition) is 5. The number of carbonyl (C=O) groups excluding carboxylic acids is 1. The normalized spacial score (nSPS) is 13.1. The molecule has 7 heteroatoms. The van der Waals surface area contributed by atoms with Gasteiger partial charge in [-0.25, -0.2) is 9.18 Å². The number of nitrogens with zero attached hydrogens (tertiary/aromatic N) is 1. The minimum atomic E-state index is -1.26. The summed E-state index contributed by atoms with van der Waals surface area (Å²) >= 11 is 0. The van der Waals surface area contributed by atoms with Crippen LogP contribution in [0.4, 0.5) is 9.18 Å². The van der Waals surface area contributed by atoms with Gasteiger partial charge in [-0.15, -0.1) is 0 Å². The molecule has 0 aliphatic rings. The largest absolute Gasteiger partial charge is 0.445 e. The molecule has 2 aromatic rings. The van der Waals surface area contributed by atoms with Crippen molar-refractivity contribution in [1.82, 2.24) is 10.3 Å². The predicted octanol–water partition coefficient (Wildman–Crippen LogP) is 2.24. The molecule has 0 bridgehead atoms. The SMILES string of the molecule is Cc1nc(C(O)C(O)CCNC(=O)OCc2ccccc2)ccc1F. The number of benzene rings is 1. The predicted molar refractivity (Wildman–Crippen MR) is 89.1 cm³/mol. The highest BCUT2D eigenvalue weighted by atomic mass is 19.1. The second-order valence-electron chi connectivity index (χ2n) is 5.59. The van der Waals surface area contributed by atoms with Gasteiger partial charge in [-0.2, -0.15) is 0 Å². The van der Waals surface area contributed by atoms with Gasteiger partial charge in [0.2, 0.25) is 0 Å². The van der Waals surface area contributed by atoms with Crippen molar-refractivity contribution >= 4 is 6.09 Å². The standard InChI is InChI=1S/C18H21FN2O4/c1-12-14(19)7-8-15(21-12)17(23)16(22)9-10-20-18(24)25-11-13-5-3-2-4-6-13/h2-8,16-17,22-23H,9-11H2,1H3,(H,20,24). The average Bonchev–Trinajstić information content (AvgIpc) is 2.62. The fourth-order valence-electron chi connectivity index (χ4n) is 2.18. The van der Waals surface area contributed by atoms with Crippen molar-refractivity contribution in [3.63, 3.8) is 0 Å². The summed E-state index contributed by atoms with van der Waals surface area (Å²) in [5.41, 5.74) is 1.19. The summed E-state index contributed by atoms with van der Waals surface area (Å²) in [5.74, 6) is -0.478. The van der Waals surface area contributed by atoms with Crippen LogP contribution in [-0.4, -0.2) is 33.9 Å². The minimum absolute atomic E-state index is 0.0969. The Morgan fingerprint density at radius 1 is 1.24 bits per heavy atom. The number of aliphatic hydroxyl groups is 2. The number of rotatable bonds is 7. The number of hydrogen-bond donors (Lipinski definition) is 3. The van der Waals surface area contributed by atoms with Gasteiger partial charge in [-0.3, -0.25) is 4.98 Å². The number of pyridine rings is 1. The van der Waals surface area contributed by atoms with Gasteiger partial charge >= 0.3 is 6.09 Å². The number of aromatic nitrogens is 1. The van der Waals surface area contributed by atoms with E-state index in [4.69, 9.17) is 4.74 Å². The van der Waals surface area contributed by atoms with E-state index < -0.39 is 24.1 Å². The summed E-state index contributed by atoms with van der Waals surface area (Å²) in [6.45, 7) is 1.74. The number of ether oxygens (including phenoxy) is 1. The van der Waals surface area contributed by atoms with E-state index in [1.165, 1.54) is 19.1 Å². The molecule has 0 saturated carbocycles. The first-order valence-corrected chi connectivity index (χ1v) is 7.91. The molecule has 1 heterocycles. The van der Waals surface area contributed by atoms with Gasteiger partial charge in [0.1, 0.15) is 18.5 Å². The van der Waals surface area contributed by atoms with Gasteiger partial charge in [0.25, 0.3) is 0 Å². The molecular formula is C18H21FN2O4. The zero-order valence-electron chi connectivity index (χ0n) is 13.9. The van der Waals surface area contributed by atoms with Crippen LogP contribution in [0.25, 0.3) is 0 Å². The lowest BCUT2D eigenvalue weighted by atomic mass is 10.1. The van der Waals surface area contributed by atoms with Gasteiger partial charge in [-0.1, -0.05) is 30.3 Å². The molecule has 0 fully saturated rings. The third kappa shape index (κ3) is 5.81. The topological polar surface area (TPSA) is 91.7 Å². The van der Waals surface area contributed by atoms with E-state index in [-0.39, 0.29) is 31.0 Å². The molecule has 0 radical (unpaired) electrons. The summed E-state index contributed by atoms with van der Waals surface area (Å²) in [6, 6.07) is 11.7. The lowest BCUT2D eigenvalue weighted by Gasteiger charge is -2.18. The van der Waals surface area contributed by atoms with E-state index in [1.54, 1.807) is 0 Å². The van der Waals surface area contributed by atoms with E-state index in [2.05, 4.69) is 10.3 Å². The molecule has 134 valence electrons. The highest BCUT2D eigenvalue weighted by molar-refractivity contribution is 5.67. The van der Waals surface area contributed by atoms with E-state index in [1.807, 2.05) is 30.3 Å². The molecule has 0 saturated heterocycles. The van der Waals surface area contributed by atoms with Crippen molar-refractivity contribution in [3.05, 3.63) is 65.2 Å². The highest BCUT2D eigenvalue weighted by Gasteiger charge is 2.20. The molecular weight excluding hydrogens is 327 g/mol. The summed E-state index contributed by atoms with van der Waals surface area (Å²) < 4.78 is 18.2.